The van der Waals surface area contributed by atoms with E-state index in [4.69, 9.17) is 4.74 Å². The highest BCUT2D eigenvalue weighted by molar-refractivity contribution is 6.08. The standard InChI is InChI=1S/C49H46N4O5/c54-47(53-28-34-13-3-2-12-32(34)24-36(53)29-50-20-9-1-10-21-50)42-26-35-27-52(49(57)58-31-44-39-16-6-4-14-37(39)38-15-5-7-17-40(38)44)23-19-33(35)25-41(42)43-30-51-22-11-8-18-45(51)46(43)48(55)56/h2-8,11-18,22,25-26,30,36,44H,1,9-10,19-21,23-24,27-29,31H2,(H,55,56)/t36-/m0/s1. The molecule has 9 heteroatoms. The van der Waals surface area contributed by atoms with Gasteiger partial charge in [0.25, 0.3) is 5.91 Å². The van der Waals surface area contributed by atoms with E-state index in [1.54, 1.807) is 11.0 Å². The van der Waals surface area contributed by atoms with Crippen LogP contribution in [-0.4, -0.2) is 81.0 Å². The molecular weight excluding hydrogens is 725 g/mol. The van der Waals surface area contributed by atoms with Gasteiger partial charge in [0.05, 0.1) is 11.1 Å². The van der Waals surface area contributed by atoms with E-state index >= 15 is 4.79 Å². The van der Waals surface area contributed by atoms with Gasteiger partial charge in [-0.2, -0.15) is 0 Å². The summed E-state index contributed by atoms with van der Waals surface area (Å²) < 4.78 is 7.92. The zero-order valence-electron chi connectivity index (χ0n) is 32.5. The minimum atomic E-state index is -1.05. The van der Waals surface area contributed by atoms with Crippen LogP contribution in [0, 0.1) is 0 Å². The molecule has 5 heterocycles. The van der Waals surface area contributed by atoms with Crippen LogP contribution in [0.2, 0.25) is 0 Å². The summed E-state index contributed by atoms with van der Waals surface area (Å²) in [5.74, 6) is -1.22. The number of hydrogen-bond donors (Lipinski definition) is 1. The van der Waals surface area contributed by atoms with Gasteiger partial charge in [-0.15, -0.1) is 0 Å². The van der Waals surface area contributed by atoms with Crippen molar-refractivity contribution in [2.24, 2.45) is 0 Å². The summed E-state index contributed by atoms with van der Waals surface area (Å²) >= 11 is 0. The van der Waals surface area contributed by atoms with Gasteiger partial charge >= 0.3 is 12.1 Å². The lowest BCUT2D eigenvalue weighted by Gasteiger charge is -2.41. The number of nitrogens with zero attached hydrogens (tertiary/aromatic N) is 4. The third kappa shape index (κ3) is 6.43. The van der Waals surface area contributed by atoms with Gasteiger partial charge in [0.1, 0.15) is 6.61 Å². The number of carbonyl (C=O) groups is 3. The SMILES string of the molecule is O=C(O)c1c(-c2cc3c(cc2C(=O)N2Cc4ccccc4C[C@H]2CN2CCCCC2)CN(C(=O)OCC2c4ccccc4-c4ccccc42)CC3)cn2ccccc12. The molecule has 2 amide bonds. The predicted octanol–water partition coefficient (Wildman–Crippen LogP) is 8.66. The number of benzene rings is 4. The van der Waals surface area contributed by atoms with Gasteiger partial charge in [-0.3, -0.25) is 4.79 Å². The van der Waals surface area contributed by atoms with Gasteiger partial charge in [0.2, 0.25) is 0 Å². The van der Waals surface area contributed by atoms with Crippen LogP contribution in [0.5, 0.6) is 0 Å². The number of amides is 2. The molecular formula is C49H46N4O5. The maximum Gasteiger partial charge on any atom is 0.410 e. The van der Waals surface area contributed by atoms with E-state index in [0.29, 0.717) is 41.7 Å². The number of ether oxygens (including phenoxy) is 1. The number of fused-ring (bicyclic) bond motifs is 6. The topological polar surface area (TPSA) is 94.8 Å². The first-order valence-electron chi connectivity index (χ1n) is 20.6. The second-order valence-electron chi connectivity index (χ2n) is 16.3. The van der Waals surface area contributed by atoms with Gasteiger partial charge in [0.15, 0.2) is 0 Å². The summed E-state index contributed by atoms with van der Waals surface area (Å²) in [7, 11) is 0. The van der Waals surface area contributed by atoms with Crippen LogP contribution in [-0.2, 0) is 30.7 Å². The molecule has 0 saturated carbocycles. The second kappa shape index (κ2) is 15.0. The van der Waals surface area contributed by atoms with Crippen LogP contribution in [0.4, 0.5) is 4.79 Å². The molecule has 2 aromatic heterocycles. The molecule has 10 rings (SSSR count). The molecule has 1 atom stereocenters. The fourth-order valence-corrected chi connectivity index (χ4v) is 9.98. The fourth-order valence-electron chi connectivity index (χ4n) is 9.98. The Balaban J connectivity index is 0.999. The first kappa shape index (κ1) is 36.2. The van der Waals surface area contributed by atoms with Crippen molar-refractivity contribution in [3.05, 3.63) is 160 Å². The van der Waals surface area contributed by atoms with Crippen LogP contribution in [0.15, 0.2) is 116 Å². The normalized spacial score (nSPS) is 17.7. The van der Waals surface area contributed by atoms with E-state index in [1.165, 1.54) is 23.1 Å². The van der Waals surface area contributed by atoms with Crippen molar-refractivity contribution in [2.45, 2.75) is 57.2 Å². The Bertz CT molecular complexity index is 2540. The van der Waals surface area contributed by atoms with Crippen LogP contribution < -0.4 is 0 Å². The molecule has 9 nitrogen and oxygen atoms in total. The summed E-state index contributed by atoms with van der Waals surface area (Å²) in [6.45, 7) is 4.27. The Labute approximate surface area is 338 Å². The first-order valence-corrected chi connectivity index (χ1v) is 20.6. The second-order valence-corrected chi connectivity index (χ2v) is 16.3. The summed E-state index contributed by atoms with van der Waals surface area (Å²) in [4.78, 5) is 48.5. The fraction of sp³-hybridized carbons (Fsp3) is 0.286. The molecule has 0 spiro atoms. The van der Waals surface area contributed by atoms with Gasteiger partial charge in [0, 0.05) is 61.7 Å². The molecule has 292 valence electrons. The lowest BCUT2D eigenvalue weighted by molar-refractivity contribution is 0.0566. The molecule has 1 fully saturated rings. The molecule has 0 bridgehead atoms. The monoisotopic (exact) mass is 770 g/mol. The summed E-state index contributed by atoms with van der Waals surface area (Å²) in [5, 5.41) is 10.6. The van der Waals surface area contributed by atoms with Gasteiger partial charge in [-0.25, -0.2) is 9.59 Å². The Kier molecular flexibility index (Phi) is 9.33. The van der Waals surface area contributed by atoms with E-state index in [0.717, 1.165) is 66.7 Å². The van der Waals surface area contributed by atoms with E-state index in [2.05, 4.69) is 47.4 Å². The highest BCUT2D eigenvalue weighted by Crippen LogP contribution is 2.45. The van der Waals surface area contributed by atoms with Crippen molar-refractivity contribution in [2.75, 3.05) is 32.8 Å². The third-order valence-corrected chi connectivity index (χ3v) is 12.9. The van der Waals surface area contributed by atoms with Crippen molar-refractivity contribution < 1.29 is 24.2 Å². The number of rotatable bonds is 7. The predicted molar refractivity (Wildman–Crippen MR) is 223 cm³/mol. The van der Waals surface area contributed by atoms with Crippen molar-refractivity contribution >= 4 is 23.5 Å². The Morgan fingerprint density at radius 1 is 0.690 bits per heavy atom. The lowest BCUT2D eigenvalue weighted by Crippen LogP contribution is -2.51. The number of carboxylic acids is 1. The Morgan fingerprint density at radius 2 is 1.40 bits per heavy atom. The average Bonchev–Trinajstić information content (AvgIpc) is 3.81. The van der Waals surface area contributed by atoms with Crippen LogP contribution in [0.3, 0.4) is 0 Å². The van der Waals surface area contributed by atoms with E-state index < -0.39 is 5.97 Å². The van der Waals surface area contributed by atoms with Crippen molar-refractivity contribution in [3.63, 3.8) is 0 Å². The van der Waals surface area contributed by atoms with Gasteiger partial charge < -0.3 is 28.9 Å². The summed E-state index contributed by atoms with van der Waals surface area (Å²) in [6, 6.07) is 34.4. The molecule has 0 radical (unpaired) electrons. The van der Waals surface area contributed by atoms with Crippen LogP contribution >= 0.6 is 0 Å². The number of likely N-dealkylation sites (tertiary alicyclic amines) is 1. The third-order valence-electron chi connectivity index (χ3n) is 12.9. The highest BCUT2D eigenvalue weighted by Gasteiger charge is 2.36. The van der Waals surface area contributed by atoms with Crippen LogP contribution in [0.25, 0.3) is 27.8 Å². The van der Waals surface area contributed by atoms with E-state index in [-0.39, 0.29) is 42.7 Å². The zero-order valence-corrected chi connectivity index (χ0v) is 32.5. The number of piperidine rings is 1. The molecule has 58 heavy (non-hydrogen) atoms. The quantitative estimate of drug-likeness (QED) is 0.175. The first-order chi connectivity index (χ1) is 28.4. The van der Waals surface area contributed by atoms with Crippen LogP contribution in [0.1, 0.15) is 79.3 Å². The lowest BCUT2D eigenvalue weighted by atomic mass is 9.88. The smallest absolute Gasteiger partial charge is 0.410 e. The number of aromatic nitrogens is 1. The maximum absolute atomic E-state index is 15.4. The minimum absolute atomic E-state index is 0.0471. The summed E-state index contributed by atoms with van der Waals surface area (Å²) in [5.41, 5.74) is 11.2. The van der Waals surface area contributed by atoms with Gasteiger partial charge in [-0.05, 0) is 113 Å². The maximum atomic E-state index is 15.4. The molecule has 1 aliphatic carbocycles. The number of pyridine rings is 1. The van der Waals surface area contributed by atoms with E-state index in [9.17, 15) is 14.7 Å². The number of hydrogen-bond acceptors (Lipinski definition) is 5. The van der Waals surface area contributed by atoms with Crippen molar-refractivity contribution in [3.8, 4) is 22.3 Å². The Morgan fingerprint density at radius 3 is 2.16 bits per heavy atom. The molecule has 1 saturated heterocycles. The highest BCUT2D eigenvalue weighted by atomic mass is 16.6. The zero-order chi connectivity index (χ0) is 39.3. The van der Waals surface area contributed by atoms with Gasteiger partial charge in [-0.1, -0.05) is 85.3 Å². The van der Waals surface area contributed by atoms with E-state index in [1.807, 2.05) is 76.3 Å². The number of aromatic carboxylic acids is 1. The molecule has 6 aromatic rings. The molecule has 1 N–H and O–H groups in total. The Hall–Kier alpha value is -6.19. The summed E-state index contributed by atoms with van der Waals surface area (Å²) in [6.07, 6.45) is 8.14. The molecule has 0 unspecified atom stereocenters. The van der Waals surface area contributed by atoms with Crippen molar-refractivity contribution in [1.29, 1.82) is 0 Å². The molecule has 4 aromatic carbocycles. The number of carbonyl (C=O) groups excluding carboxylic acids is 2. The largest absolute Gasteiger partial charge is 0.478 e. The minimum Gasteiger partial charge on any atom is -0.478 e. The average molecular weight is 771 g/mol. The molecule has 4 aliphatic rings. The van der Waals surface area contributed by atoms with Crippen molar-refractivity contribution in [1.82, 2.24) is 19.1 Å². The number of carboxylic acid groups (broad SMARTS) is 1. The molecule has 3 aliphatic heterocycles.